The van der Waals surface area contributed by atoms with E-state index in [4.69, 9.17) is 0 Å². The largest absolute Gasteiger partial charge is 0.298 e. The van der Waals surface area contributed by atoms with Gasteiger partial charge in [0.05, 0.1) is 0 Å². The molecule has 0 fully saturated rings. The molecular weight excluding hydrogens is 146 g/mol. The first-order valence-corrected chi connectivity index (χ1v) is 4.95. The van der Waals surface area contributed by atoms with E-state index < -0.39 is 0 Å². The van der Waals surface area contributed by atoms with Crippen molar-refractivity contribution in [1.29, 1.82) is 0 Å². The second-order valence-electron chi connectivity index (χ2n) is 4.72. The number of rotatable bonds is 4. The third kappa shape index (κ3) is 7.77. The van der Waals surface area contributed by atoms with Crippen molar-refractivity contribution in [3.05, 3.63) is 0 Å². The van der Waals surface area contributed by atoms with Gasteiger partial charge in [-0.2, -0.15) is 0 Å². The zero-order chi connectivity index (χ0) is 9.61. The SMILES string of the molecule is CCN=CC(C)CCC(C)(C)C. The summed E-state index contributed by atoms with van der Waals surface area (Å²) in [7, 11) is 0. The van der Waals surface area contributed by atoms with Crippen LogP contribution < -0.4 is 0 Å². The van der Waals surface area contributed by atoms with Crippen molar-refractivity contribution in [3.63, 3.8) is 0 Å². The van der Waals surface area contributed by atoms with Crippen LogP contribution in [-0.4, -0.2) is 12.8 Å². The predicted molar refractivity (Wildman–Crippen MR) is 56.9 cm³/mol. The van der Waals surface area contributed by atoms with Crippen LogP contribution in [0.15, 0.2) is 4.99 Å². The maximum Gasteiger partial charge on any atom is 0.0357 e. The van der Waals surface area contributed by atoms with Crippen molar-refractivity contribution >= 4 is 6.21 Å². The molecule has 72 valence electrons. The average molecular weight is 169 g/mol. The van der Waals surface area contributed by atoms with Gasteiger partial charge in [-0.3, -0.25) is 4.99 Å². The van der Waals surface area contributed by atoms with Crippen molar-refractivity contribution in [2.75, 3.05) is 6.54 Å². The molecule has 0 aliphatic carbocycles. The second-order valence-corrected chi connectivity index (χ2v) is 4.72. The Kier molecular flexibility index (Phi) is 5.19. The molecule has 0 amide bonds. The van der Waals surface area contributed by atoms with E-state index in [9.17, 15) is 0 Å². The normalized spacial score (nSPS) is 15.4. The van der Waals surface area contributed by atoms with Gasteiger partial charge in [0.15, 0.2) is 0 Å². The summed E-state index contributed by atoms with van der Waals surface area (Å²) in [6.07, 6.45) is 4.63. The Morgan fingerprint density at radius 3 is 2.33 bits per heavy atom. The number of hydrogen-bond donors (Lipinski definition) is 0. The number of nitrogens with zero attached hydrogens (tertiary/aromatic N) is 1. The van der Waals surface area contributed by atoms with Gasteiger partial charge in [-0.05, 0) is 31.1 Å². The standard InChI is InChI=1S/C11H23N/c1-6-12-9-10(2)7-8-11(3,4)5/h9-10H,6-8H2,1-5H3. The van der Waals surface area contributed by atoms with Crippen molar-refractivity contribution in [2.45, 2.75) is 47.5 Å². The van der Waals surface area contributed by atoms with E-state index in [-0.39, 0.29) is 0 Å². The summed E-state index contributed by atoms with van der Waals surface area (Å²) in [4.78, 5) is 4.25. The highest BCUT2D eigenvalue weighted by molar-refractivity contribution is 5.59. The maximum atomic E-state index is 4.25. The summed E-state index contributed by atoms with van der Waals surface area (Å²) in [6, 6.07) is 0. The molecule has 0 saturated carbocycles. The Bertz CT molecular complexity index is 130. The van der Waals surface area contributed by atoms with E-state index in [0.717, 1.165) is 6.54 Å². The van der Waals surface area contributed by atoms with Crippen molar-refractivity contribution in [3.8, 4) is 0 Å². The lowest BCUT2D eigenvalue weighted by molar-refractivity contribution is 0.352. The monoisotopic (exact) mass is 169 g/mol. The molecule has 0 spiro atoms. The molecule has 0 heterocycles. The van der Waals surface area contributed by atoms with Gasteiger partial charge in [0.25, 0.3) is 0 Å². The topological polar surface area (TPSA) is 12.4 Å². The molecule has 0 aliphatic rings. The second kappa shape index (κ2) is 5.34. The fourth-order valence-electron chi connectivity index (χ4n) is 1.02. The van der Waals surface area contributed by atoms with E-state index in [1.807, 2.05) is 0 Å². The Hall–Kier alpha value is -0.330. The fourth-order valence-corrected chi connectivity index (χ4v) is 1.02. The van der Waals surface area contributed by atoms with Gasteiger partial charge in [0.2, 0.25) is 0 Å². The number of hydrogen-bond acceptors (Lipinski definition) is 1. The first-order chi connectivity index (χ1) is 5.45. The van der Waals surface area contributed by atoms with E-state index >= 15 is 0 Å². The average Bonchev–Trinajstić information content (AvgIpc) is 1.95. The highest BCUT2D eigenvalue weighted by Crippen LogP contribution is 2.22. The minimum atomic E-state index is 0.467. The van der Waals surface area contributed by atoms with Crippen molar-refractivity contribution < 1.29 is 0 Å². The lowest BCUT2D eigenvalue weighted by atomic mass is 9.87. The lowest BCUT2D eigenvalue weighted by Gasteiger charge is -2.19. The minimum absolute atomic E-state index is 0.467. The van der Waals surface area contributed by atoms with Crippen LogP contribution >= 0.6 is 0 Å². The minimum Gasteiger partial charge on any atom is -0.298 e. The van der Waals surface area contributed by atoms with Crippen LogP contribution in [0.1, 0.15) is 47.5 Å². The lowest BCUT2D eigenvalue weighted by Crippen LogP contribution is -2.08. The summed E-state index contributed by atoms with van der Waals surface area (Å²) in [5, 5.41) is 0. The molecule has 0 radical (unpaired) electrons. The molecule has 1 unspecified atom stereocenters. The smallest absolute Gasteiger partial charge is 0.0357 e. The van der Waals surface area contributed by atoms with Crippen LogP contribution in [-0.2, 0) is 0 Å². The van der Waals surface area contributed by atoms with Crippen LogP contribution in [0.4, 0.5) is 0 Å². The Balaban J connectivity index is 3.57. The molecule has 1 heteroatoms. The quantitative estimate of drug-likeness (QED) is 0.571. The maximum absolute atomic E-state index is 4.25. The third-order valence-electron chi connectivity index (χ3n) is 1.89. The molecule has 0 saturated heterocycles. The van der Waals surface area contributed by atoms with Crippen LogP contribution in [0, 0.1) is 11.3 Å². The van der Waals surface area contributed by atoms with Gasteiger partial charge >= 0.3 is 0 Å². The molecule has 0 rings (SSSR count). The molecule has 0 N–H and O–H groups in total. The van der Waals surface area contributed by atoms with Crippen LogP contribution in [0.2, 0.25) is 0 Å². The number of aliphatic imine (C=N–C) groups is 1. The van der Waals surface area contributed by atoms with Crippen molar-refractivity contribution in [2.24, 2.45) is 16.3 Å². The summed E-state index contributed by atoms with van der Waals surface area (Å²) in [5.74, 6) is 0.643. The molecule has 0 aromatic heterocycles. The van der Waals surface area contributed by atoms with Crippen LogP contribution in [0.5, 0.6) is 0 Å². The summed E-state index contributed by atoms with van der Waals surface area (Å²) in [5.41, 5.74) is 0.467. The molecule has 1 atom stereocenters. The van der Waals surface area contributed by atoms with Crippen molar-refractivity contribution in [1.82, 2.24) is 0 Å². The van der Waals surface area contributed by atoms with Gasteiger partial charge in [0.1, 0.15) is 0 Å². The molecular formula is C11H23N. The fraction of sp³-hybridized carbons (Fsp3) is 0.909. The molecule has 12 heavy (non-hydrogen) atoms. The van der Waals surface area contributed by atoms with Gasteiger partial charge in [-0.25, -0.2) is 0 Å². The Morgan fingerprint density at radius 1 is 1.33 bits per heavy atom. The van der Waals surface area contributed by atoms with E-state index in [1.54, 1.807) is 0 Å². The first-order valence-electron chi connectivity index (χ1n) is 4.95. The summed E-state index contributed by atoms with van der Waals surface area (Å²) >= 11 is 0. The molecule has 0 bridgehead atoms. The summed E-state index contributed by atoms with van der Waals surface area (Å²) < 4.78 is 0. The third-order valence-corrected chi connectivity index (χ3v) is 1.89. The highest BCUT2D eigenvalue weighted by atomic mass is 14.7. The predicted octanol–water partition coefficient (Wildman–Crippen LogP) is 3.54. The van der Waals surface area contributed by atoms with E-state index in [2.05, 4.69) is 45.8 Å². The van der Waals surface area contributed by atoms with Gasteiger partial charge in [-0.1, -0.05) is 27.7 Å². The Labute approximate surface area is 77.3 Å². The molecule has 0 aromatic carbocycles. The molecule has 0 aliphatic heterocycles. The Morgan fingerprint density at radius 2 is 1.92 bits per heavy atom. The van der Waals surface area contributed by atoms with Gasteiger partial charge < -0.3 is 0 Å². The molecule has 0 aromatic rings. The van der Waals surface area contributed by atoms with E-state index in [1.165, 1.54) is 12.8 Å². The van der Waals surface area contributed by atoms with Crippen LogP contribution in [0.25, 0.3) is 0 Å². The van der Waals surface area contributed by atoms with Gasteiger partial charge in [0, 0.05) is 12.8 Å². The molecule has 1 nitrogen and oxygen atoms in total. The van der Waals surface area contributed by atoms with E-state index in [0.29, 0.717) is 11.3 Å². The summed E-state index contributed by atoms with van der Waals surface area (Å²) in [6.45, 7) is 12.1. The first kappa shape index (κ1) is 11.7. The zero-order valence-electron chi connectivity index (χ0n) is 9.22. The zero-order valence-corrected chi connectivity index (χ0v) is 9.22. The highest BCUT2D eigenvalue weighted by Gasteiger charge is 2.11. The van der Waals surface area contributed by atoms with Gasteiger partial charge in [-0.15, -0.1) is 0 Å². The van der Waals surface area contributed by atoms with Crippen LogP contribution in [0.3, 0.4) is 0 Å².